The average molecular weight is 237 g/mol. The van der Waals surface area contributed by atoms with E-state index in [9.17, 15) is 9.59 Å². The molecular weight excluding hydrogens is 222 g/mol. The Balaban J connectivity index is 2.71. The lowest BCUT2D eigenvalue weighted by Crippen LogP contribution is -2.41. The lowest BCUT2D eigenvalue weighted by Gasteiger charge is -2.13. The summed E-state index contributed by atoms with van der Waals surface area (Å²) in [5, 5.41) is 11.3. The second kappa shape index (κ2) is 5.89. The maximum absolute atomic E-state index is 10.9. The molecule has 1 aromatic carbocycles. The number of hydrogen-bond acceptors (Lipinski definition) is 3. The molecule has 0 radical (unpaired) electrons. The second-order valence-corrected chi connectivity index (χ2v) is 3.64. The average Bonchev–Trinajstić information content (AvgIpc) is 2.28. The fourth-order valence-corrected chi connectivity index (χ4v) is 1.44. The number of nitrogens with one attached hydrogen (secondary N) is 1. The highest BCUT2D eigenvalue weighted by atomic mass is 16.5. The number of carboxylic acids is 1. The minimum absolute atomic E-state index is 0.249. The largest absolute Gasteiger partial charge is 0.497 e. The number of hydrogen-bond donors (Lipinski definition) is 2. The van der Waals surface area contributed by atoms with Gasteiger partial charge in [0.2, 0.25) is 5.91 Å². The molecule has 0 saturated carbocycles. The summed E-state index contributed by atoms with van der Waals surface area (Å²) in [5.41, 5.74) is 0.826. The van der Waals surface area contributed by atoms with Crippen molar-refractivity contribution in [2.24, 2.45) is 0 Å². The highest BCUT2D eigenvalue weighted by Gasteiger charge is 2.18. The minimum Gasteiger partial charge on any atom is -0.497 e. The van der Waals surface area contributed by atoms with E-state index in [1.807, 2.05) is 0 Å². The van der Waals surface area contributed by atoms with Crippen LogP contribution in [-0.2, 0) is 16.0 Å². The van der Waals surface area contributed by atoms with Gasteiger partial charge in [-0.1, -0.05) is 12.1 Å². The molecule has 2 N–H and O–H groups in total. The lowest BCUT2D eigenvalue weighted by molar-refractivity contribution is -0.141. The molecule has 0 aliphatic carbocycles. The lowest BCUT2D eigenvalue weighted by atomic mass is 10.1. The Kier molecular flexibility index (Phi) is 4.51. The maximum Gasteiger partial charge on any atom is 0.326 e. The van der Waals surface area contributed by atoms with Crippen LogP contribution in [0.15, 0.2) is 24.3 Å². The molecule has 0 saturated heterocycles. The van der Waals surface area contributed by atoms with Gasteiger partial charge in [-0.3, -0.25) is 4.79 Å². The van der Waals surface area contributed by atoms with E-state index in [2.05, 4.69) is 5.32 Å². The molecule has 1 atom stereocenters. The Morgan fingerprint density at radius 1 is 1.35 bits per heavy atom. The first-order chi connectivity index (χ1) is 8.02. The zero-order valence-corrected chi connectivity index (χ0v) is 9.77. The molecule has 0 aromatic heterocycles. The molecule has 0 aliphatic rings. The van der Waals surface area contributed by atoms with Crippen molar-refractivity contribution >= 4 is 11.9 Å². The Bertz CT molecular complexity index is 399. The topological polar surface area (TPSA) is 75.6 Å². The summed E-state index contributed by atoms with van der Waals surface area (Å²) in [6, 6.07) is 6.15. The number of rotatable bonds is 5. The van der Waals surface area contributed by atoms with E-state index in [1.165, 1.54) is 6.92 Å². The summed E-state index contributed by atoms with van der Waals surface area (Å²) < 4.78 is 5.00. The van der Waals surface area contributed by atoms with Gasteiger partial charge in [-0.25, -0.2) is 4.79 Å². The number of benzene rings is 1. The third-order valence-corrected chi connectivity index (χ3v) is 2.27. The van der Waals surface area contributed by atoms with Crippen molar-refractivity contribution < 1.29 is 19.4 Å². The molecule has 17 heavy (non-hydrogen) atoms. The van der Waals surface area contributed by atoms with Crippen LogP contribution in [0, 0.1) is 0 Å². The zero-order chi connectivity index (χ0) is 12.8. The molecule has 92 valence electrons. The summed E-state index contributed by atoms with van der Waals surface area (Å²) in [5.74, 6) is -0.693. The van der Waals surface area contributed by atoms with Crippen molar-refractivity contribution in [3.05, 3.63) is 29.8 Å². The van der Waals surface area contributed by atoms with Crippen LogP contribution in [-0.4, -0.2) is 30.1 Å². The van der Waals surface area contributed by atoms with Crippen molar-refractivity contribution in [1.29, 1.82) is 0 Å². The van der Waals surface area contributed by atoms with E-state index in [0.717, 1.165) is 5.56 Å². The third kappa shape index (κ3) is 4.14. The number of carbonyl (C=O) groups excluding carboxylic acids is 1. The molecular formula is C12H15NO4. The van der Waals surface area contributed by atoms with E-state index in [-0.39, 0.29) is 12.3 Å². The van der Waals surface area contributed by atoms with Crippen LogP contribution < -0.4 is 10.1 Å². The van der Waals surface area contributed by atoms with E-state index < -0.39 is 12.0 Å². The van der Waals surface area contributed by atoms with Gasteiger partial charge in [0.25, 0.3) is 0 Å². The molecule has 5 nitrogen and oxygen atoms in total. The van der Waals surface area contributed by atoms with Gasteiger partial charge in [-0.15, -0.1) is 0 Å². The molecule has 5 heteroatoms. The molecule has 0 heterocycles. The van der Waals surface area contributed by atoms with E-state index in [1.54, 1.807) is 31.4 Å². The van der Waals surface area contributed by atoms with Gasteiger partial charge in [0.05, 0.1) is 7.11 Å². The Morgan fingerprint density at radius 2 is 1.94 bits per heavy atom. The maximum atomic E-state index is 10.9. The Hall–Kier alpha value is -2.04. The third-order valence-electron chi connectivity index (χ3n) is 2.27. The fraction of sp³-hybridized carbons (Fsp3) is 0.333. The van der Waals surface area contributed by atoms with E-state index >= 15 is 0 Å². The van der Waals surface area contributed by atoms with E-state index in [0.29, 0.717) is 5.75 Å². The van der Waals surface area contributed by atoms with Crippen LogP contribution in [0.2, 0.25) is 0 Å². The zero-order valence-electron chi connectivity index (χ0n) is 9.77. The van der Waals surface area contributed by atoms with Crippen LogP contribution in [0.25, 0.3) is 0 Å². The second-order valence-electron chi connectivity index (χ2n) is 3.64. The number of amides is 1. The summed E-state index contributed by atoms with van der Waals surface area (Å²) in [6.07, 6.45) is 0.249. The molecule has 1 amide bonds. The van der Waals surface area contributed by atoms with Gasteiger partial charge in [0, 0.05) is 13.3 Å². The summed E-state index contributed by atoms with van der Waals surface area (Å²) in [6.45, 7) is 1.30. The van der Waals surface area contributed by atoms with Crippen molar-refractivity contribution in [2.45, 2.75) is 19.4 Å². The summed E-state index contributed by atoms with van der Waals surface area (Å²) in [4.78, 5) is 21.8. The Morgan fingerprint density at radius 3 is 2.35 bits per heavy atom. The van der Waals surface area contributed by atoms with Crippen LogP contribution in [0.4, 0.5) is 0 Å². The molecule has 1 unspecified atom stereocenters. The highest BCUT2D eigenvalue weighted by Crippen LogP contribution is 2.12. The molecule has 1 rings (SSSR count). The number of carboxylic acid groups (broad SMARTS) is 1. The standard InChI is InChI=1S/C12H15NO4/c1-8(14)13-11(12(15)16)7-9-3-5-10(17-2)6-4-9/h3-6,11H,7H2,1-2H3,(H,13,14)(H,15,16). The van der Waals surface area contributed by atoms with Gasteiger partial charge in [-0.2, -0.15) is 0 Å². The minimum atomic E-state index is -1.05. The van der Waals surface area contributed by atoms with Crippen LogP contribution in [0.1, 0.15) is 12.5 Å². The SMILES string of the molecule is COc1ccc(CC(NC(C)=O)C(=O)O)cc1. The molecule has 0 aliphatic heterocycles. The number of carbonyl (C=O) groups is 2. The number of aliphatic carboxylic acids is 1. The molecule has 0 spiro atoms. The predicted molar refractivity (Wildman–Crippen MR) is 61.9 cm³/mol. The highest BCUT2D eigenvalue weighted by molar-refractivity contribution is 5.82. The van der Waals surface area contributed by atoms with Crippen LogP contribution >= 0.6 is 0 Å². The number of ether oxygens (including phenoxy) is 1. The van der Waals surface area contributed by atoms with Gasteiger partial charge < -0.3 is 15.2 Å². The first kappa shape index (κ1) is 13.0. The molecule has 0 bridgehead atoms. The van der Waals surface area contributed by atoms with Crippen molar-refractivity contribution in [3.8, 4) is 5.75 Å². The smallest absolute Gasteiger partial charge is 0.326 e. The van der Waals surface area contributed by atoms with Gasteiger partial charge in [0.1, 0.15) is 11.8 Å². The quantitative estimate of drug-likeness (QED) is 0.795. The van der Waals surface area contributed by atoms with Crippen LogP contribution in [0.3, 0.4) is 0 Å². The summed E-state index contributed by atoms with van der Waals surface area (Å²) in [7, 11) is 1.56. The fourth-order valence-electron chi connectivity index (χ4n) is 1.44. The normalized spacial score (nSPS) is 11.6. The number of methoxy groups -OCH3 is 1. The van der Waals surface area contributed by atoms with Crippen molar-refractivity contribution in [2.75, 3.05) is 7.11 Å². The van der Waals surface area contributed by atoms with Gasteiger partial charge >= 0.3 is 5.97 Å². The van der Waals surface area contributed by atoms with Crippen LogP contribution in [0.5, 0.6) is 5.75 Å². The summed E-state index contributed by atoms with van der Waals surface area (Å²) >= 11 is 0. The van der Waals surface area contributed by atoms with Gasteiger partial charge in [-0.05, 0) is 17.7 Å². The van der Waals surface area contributed by atoms with Crippen molar-refractivity contribution in [1.82, 2.24) is 5.32 Å². The first-order valence-corrected chi connectivity index (χ1v) is 5.15. The monoisotopic (exact) mass is 237 g/mol. The predicted octanol–water partition coefficient (Wildman–Crippen LogP) is 0.827. The Labute approximate surface area is 99.4 Å². The van der Waals surface area contributed by atoms with Crippen molar-refractivity contribution in [3.63, 3.8) is 0 Å². The molecule has 0 fully saturated rings. The van der Waals surface area contributed by atoms with E-state index in [4.69, 9.17) is 9.84 Å². The molecule has 1 aromatic rings. The van der Waals surface area contributed by atoms with Gasteiger partial charge in [0.15, 0.2) is 0 Å². The first-order valence-electron chi connectivity index (χ1n) is 5.15.